The topological polar surface area (TPSA) is 50.2 Å². The van der Waals surface area contributed by atoms with E-state index >= 15 is 0 Å². The van der Waals surface area contributed by atoms with Gasteiger partial charge in [0.1, 0.15) is 0 Å². The number of aromatic nitrogens is 1. The van der Waals surface area contributed by atoms with Crippen LogP contribution in [0.25, 0.3) is 42.3 Å². The molecule has 1 N–H and O–H groups in total. The van der Waals surface area contributed by atoms with Gasteiger partial charge in [0, 0.05) is 30.9 Å². The molecule has 0 atom stereocenters. The van der Waals surface area contributed by atoms with Gasteiger partial charge in [0.05, 0.1) is 11.3 Å². The van der Waals surface area contributed by atoms with Gasteiger partial charge in [-0.3, -0.25) is 9.78 Å². The molecule has 2 heterocycles. The molecule has 0 saturated carbocycles. The van der Waals surface area contributed by atoms with Crippen molar-refractivity contribution in [2.75, 3.05) is 0 Å². The third-order valence-electron chi connectivity index (χ3n) is 4.92. The monoisotopic (exact) mass is 617 g/mol. The Kier molecular flexibility index (Phi) is 7.57. The molecule has 5 aromatic rings. The minimum absolute atomic E-state index is 0. The maximum Gasteiger partial charge on any atom is 0.155 e. The molecular formula is C27H22IrNO2S-. The van der Waals surface area contributed by atoms with Crippen molar-refractivity contribution in [2.24, 2.45) is 0 Å². The Balaban J connectivity index is 0.000000318. The van der Waals surface area contributed by atoms with Crippen molar-refractivity contribution in [1.29, 1.82) is 0 Å². The summed E-state index contributed by atoms with van der Waals surface area (Å²) in [5.41, 5.74) is 4.44. The predicted octanol–water partition coefficient (Wildman–Crippen LogP) is 7.41. The van der Waals surface area contributed by atoms with Crippen molar-refractivity contribution < 1.29 is 30.0 Å². The molecule has 5 heteroatoms. The normalized spacial score (nSPS) is 11.2. The molecule has 2 aromatic heterocycles. The van der Waals surface area contributed by atoms with E-state index in [9.17, 15) is 4.79 Å². The molecule has 0 amide bonds. The van der Waals surface area contributed by atoms with Gasteiger partial charge in [-0.25, -0.2) is 0 Å². The molecule has 0 aliphatic heterocycles. The van der Waals surface area contributed by atoms with Crippen molar-refractivity contribution in [2.45, 2.75) is 20.8 Å². The third kappa shape index (κ3) is 4.96. The summed E-state index contributed by atoms with van der Waals surface area (Å²) in [7, 11) is 0. The Bertz CT molecular complexity index is 1450. The van der Waals surface area contributed by atoms with Crippen molar-refractivity contribution in [3.8, 4) is 11.3 Å². The van der Waals surface area contributed by atoms with Crippen LogP contribution in [0.5, 0.6) is 0 Å². The number of aliphatic hydroxyl groups is 1. The fraction of sp³-hybridized carbons (Fsp3) is 0.111. The first-order valence-electron chi connectivity index (χ1n) is 10.0. The first-order valence-corrected chi connectivity index (χ1v) is 10.8. The van der Waals surface area contributed by atoms with Crippen molar-refractivity contribution >= 4 is 48.2 Å². The minimum Gasteiger partial charge on any atom is -0.512 e. The second kappa shape index (κ2) is 10.2. The van der Waals surface area contributed by atoms with Gasteiger partial charge in [-0.2, -0.15) is 11.3 Å². The summed E-state index contributed by atoms with van der Waals surface area (Å²) in [6.07, 6.45) is 1.17. The van der Waals surface area contributed by atoms with Gasteiger partial charge in [0.15, 0.2) is 5.78 Å². The molecule has 0 bridgehead atoms. The summed E-state index contributed by atoms with van der Waals surface area (Å²) in [4.78, 5) is 14.9. The molecule has 5 rings (SSSR count). The second-order valence-electron chi connectivity index (χ2n) is 7.43. The first kappa shape index (κ1) is 23.8. The molecule has 3 nitrogen and oxygen atoms in total. The van der Waals surface area contributed by atoms with Crippen LogP contribution in [-0.2, 0) is 24.9 Å². The zero-order valence-corrected chi connectivity index (χ0v) is 21.2. The number of carbonyl (C=O) groups excluding carboxylic acids is 1. The standard InChI is InChI=1S/C22H14NS.C5H8O2.Ir/c1-14-6-4-8-16-17-9-5-10-18(22(17)24-21(14)16)20-13-12-15-7-2-3-11-19(15)23-20;1-4(6)3-5(2)7;/h2-9,11-13H,1H3;3,6H,1-2H3;/q-1;;/b;4-3-;. The zero-order chi connectivity index (χ0) is 22.0. The Morgan fingerprint density at radius 2 is 1.72 bits per heavy atom. The SMILES string of the molecule is CC(=O)/C=C(/C)O.Cc1cccc2c1sc1c(-c3ccc4ccccc4n3)[c-]ccc12.[Ir]. The number of ketones is 1. The predicted molar refractivity (Wildman–Crippen MR) is 131 cm³/mol. The number of fused-ring (bicyclic) bond motifs is 4. The molecule has 3 aromatic carbocycles. The fourth-order valence-electron chi connectivity index (χ4n) is 3.59. The van der Waals surface area contributed by atoms with Crippen LogP contribution in [-0.4, -0.2) is 15.9 Å². The van der Waals surface area contributed by atoms with Gasteiger partial charge in [-0.1, -0.05) is 53.9 Å². The quantitative estimate of drug-likeness (QED) is 0.128. The smallest absolute Gasteiger partial charge is 0.155 e. The van der Waals surface area contributed by atoms with Gasteiger partial charge in [-0.15, -0.1) is 23.8 Å². The second-order valence-corrected chi connectivity index (χ2v) is 8.46. The summed E-state index contributed by atoms with van der Waals surface area (Å²) in [6.45, 7) is 5.02. The Labute approximate surface area is 204 Å². The van der Waals surface area contributed by atoms with E-state index in [4.69, 9.17) is 10.1 Å². The summed E-state index contributed by atoms with van der Waals surface area (Å²) < 4.78 is 2.62. The number of hydrogen-bond donors (Lipinski definition) is 1. The van der Waals surface area contributed by atoms with Crippen LogP contribution in [0, 0.1) is 13.0 Å². The van der Waals surface area contributed by atoms with Crippen LogP contribution in [0.2, 0.25) is 0 Å². The molecular weight excluding hydrogens is 595 g/mol. The summed E-state index contributed by atoms with van der Waals surface area (Å²) in [5, 5.41) is 12.1. The van der Waals surface area contributed by atoms with E-state index in [0.717, 1.165) is 16.8 Å². The van der Waals surface area contributed by atoms with Gasteiger partial charge in [0.25, 0.3) is 0 Å². The molecule has 163 valence electrons. The maximum atomic E-state index is 10.0. The average molecular weight is 617 g/mol. The Morgan fingerprint density at radius 3 is 2.44 bits per heavy atom. The molecule has 0 unspecified atom stereocenters. The molecule has 32 heavy (non-hydrogen) atoms. The van der Waals surface area contributed by atoms with Gasteiger partial charge in [-0.05, 0) is 53.6 Å². The average Bonchev–Trinajstić information content (AvgIpc) is 3.13. The summed E-state index contributed by atoms with van der Waals surface area (Å²) >= 11 is 1.84. The number of allylic oxidation sites excluding steroid dienone is 2. The molecule has 0 aliphatic rings. The first-order chi connectivity index (χ1) is 14.9. The van der Waals surface area contributed by atoms with E-state index < -0.39 is 0 Å². The minimum atomic E-state index is -0.125. The van der Waals surface area contributed by atoms with Crippen LogP contribution in [0.15, 0.2) is 78.6 Å². The van der Waals surface area contributed by atoms with Gasteiger partial charge < -0.3 is 5.11 Å². The van der Waals surface area contributed by atoms with Crippen LogP contribution >= 0.6 is 11.3 Å². The van der Waals surface area contributed by atoms with Gasteiger partial charge >= 0.3 is 0 Å². The van der Waals surface area contributed by atoms with E-state index in [0.29, 0.717) is 0 Å². The molecule has 1 radical (unpaired) electrons. The van der Waals surface area contributed by atoms with Crippen molar-refractivity contribution in [3.05, 3.63) is 90.2 Å². The van der Waals surface area contributed by atoms with Crippen LogP contribution in [0.4, 0.5) is 0 Å². The van der Waals surface area contributed by atoms with Crippen molar-refractivity contribution in [3.63, 3.8) is 0 Å². The van der Waals surface area contributed by atoms with Crippen molar-refractivity contribution in [1.82, 2.24) is 4.98 Å². The van der Waals surface area contributed by atoms with E-state index in [1.165, 1.54) is 51.0 Å². The number of benzene rings is 3. The molecule has 0 fully saturated rings. The molecule has 0 saturated heterocycles. The number of hydrogen-bond acceptors (Lipinski definition) is 4. The number of thiophene rings is 1. The van der Waals surface area contributed by atoms with E-state index in [2.05, 4.69) is 61.5 Å². The van der Waals surface area contributed by atoms with E-state index in [-0.39, 0.29) is 31.6 Å². The maximum absolute atomic E-state index is 10.0. The number of para-hydroxylation sites is 1. The molecule has 0 aliphatic carbocycles. The van der Waals surface area contributed by atoms with Crippen LogP contribution < -0.4 is 0 Å². The third-order valence-corrected chi connectivity index (χ3v) is 6.30. The van der Waals surface area contributed by atoms with E-state index in [1.807, 2.05) is 29.5 Å². The molecule has 0 spiro atoms. The van der Waals surface area contributed by atoms with Crippen LogP contribution in [0.1, 0.15) is 19.4 Å². The fourth-order valence-corrected chi connectivity index (χ4v) is 4.87. The number of pyridine rings is 1. The summed E-state index contributed by atoms with van der Waals surface area (Å²) in [5.74, 6) is -0.0625. The van der Waals surface area contributed by atoms with Gasteiger partial charge in [0.2, 0.25) is 0 Å². The Morgan fingerprint density at radius 1 is 0.969 bits per heavy atom. The van der Waals surface area contributed by atoms with Crippen LogP contribution in [0.3, 0.4) is 0 Å². The number of carbonyl (C=O) groups is 1. The number of rotatable bonds is 2. The summed E-state index contributed by atoms with van der Waals surface area (Å²) in [6, 6.07) is 26.6. The number of aliphatic hydroxyl groups excluding tert-OH is 1. The number of aryl methyl sites for hydroxylation is 1. The zero-order valence-electron chi connectivity index (χ0n) is 18.0. The Hall–Kier alpha value is -2.85. The van der Waals surface area contributed by atoms with E-state index in [1.54, 1.807) is 0 Å². The number of nitrogens with zero attached hydrogens (tertiary/aromatic N) is 1. The largest absolute Gasteiger partial charge is 0.512 e.